The zero-order valence-electron chi connectivity index (χ0n) is 12.0. The molecule has 0 radical (unpaired) electrons. The van der Waals surface area contributed by atoms with Gasteiger partial charge in [0.2, 0.25) is 10.0 Å². The highest BCUT2D eigenvalue weighted by molar-refractivity contribution is 7.88. The van der Waals surface area contributed by atoms with Gasteiger partial charge in [-0.1, -0.05) is 25.1 Å². The van der Waals surface area contributed by atoms with Crippen molar-refractivity contribution in [1.29, 1.82) is 0 Å². The van der Waals surface area contributed by atoms with E-state index in [4.69, 9.17) is 0 Å². The molecule has 20 heavy (non-hydrogen) atoms. The smallest absolute Gasteiger partial charge is 0.215 e. The van der Waals surface area contributed by atoms with Crippen molar-refractivity contribution in [2.75, 3.05) is 20.6 Å². The number of hydrogen-bond acceptors (Lipinski definition) is 4. The van der Waals surface area contributed by atoms with Crippen molar-refractivity contribution >= 4 is 15.8 Å². The summed E-state index contributed by atoms with van der Waals surface area (Å²) in [6, 6.07) is 6.66. The SMILES string of the molecule is CCNS(=O)(=O)Cc1cccc(C(=O)C=CN(C)C)c1. The molecule has 0 bridgehead atoms. The number of sulfonamides is 1. The predicted octanol–water partition coefficient (Wildman–Crippen LogP) is 1.38. The van der Waals surface area contributed by atoms with Gasteiger partial charge in [0.1, 0.15) is 0 Å². The van der Waals surface area contributed by atoms with Crippen LogP contribution in [-0.4, -0.2) is 39.7 Å². The second-order valence-corrected chi connectivity index (χ2v) is 6.41. The fraction of sp³-hybridized carbons (Fsp3) is 0.357. The maximum Gasteiger partial charge on any atom is 0.215 e. The van der Waals surface area contributed by atoms with E-state index in [0.717, 1.165) is 0 Å². The Balaban J connectivity index is 2.89. The average Bonchev–Trinajstić information content (AvgIpc) is 2.35. The molecule has 6 heteroatoms. The van der Waals surface area contributed by atoms with Crippen molar-refractivity contribution in [2.24, 2.45) is 0 Å². The summed E-state index contributed by atoms with van der Waals surface area (Å²) >= 11 is 0. The molecule has 110 valence electrons. The van der Waals surface area contributed by atoms with E-state index in [2.05, 4.69) is 4.72 Å². The number of carbonyl (C=O) groups excluding carboxylic acids is 1. The molecule has 0 spiro atoms. The van der Waals surface area contributed by atoms with Crippen LogP contribution >= 0.6 is 0 Å². The van der Waals surface area contributed by atoms with E-state index in [1.165, 1.54) is 6.08 Å². The van der Waals surface area contributed by atoms with Crippen LogP contribution in [0.15, 0.2) is 36.5 Å². The molecule has 1 aromatic rings. The van der Waals surface area contributed by atoms with E-state index >= 15 is 0 Å². The Labute approximate surface area is 120 Å². The summed E-state index contributed by atoms with van der Waals surface area (Å²) < 4.78 is 25.8. The molecule has 0 saturated carbocycles. The molecule has 0 fully saturated rings. The molecule has 0 atom stereocenters. The van der Waals surface area contributed by atoms with Gasteiger partial charge in [-0.25, -0.2) is 13.1 Å². The van der Waals surface area contributed by atoms with Crippen LogP contribution in [0, 0.1) is 0 Å². The summed E-state index contributed by atoms with van der Waals surface area (Å²) in [6.07, 6.45) is 3.11. The topological polar surface area (TPSA) is 66.5 Å². The number of hydrogen-bond donors (Lipinski definition) is 1. The Kier molecular flexibility index (Phi) is 5.91. The quantitative estimate of drug-likeness (QED) is 0.610. The summed E-state index contributed by atoms with van der Waals surface area (Å²) in [4.78, 5) is 13.7. The largest absolute Gasteiger partial charge is 0.383 e. The highest BCUT2D eigenvalue weighted by Crippen LogP contribution is 2.10. The van der Waals surface area contributed by atoms with Crippen LogP contribution < -0.4 is 4.72 Å². The van der Waals surface area contributed by atoms with Crippen molar-refractivity contribution < 1.29 is 13.2 Å². The molecule has 0 aliphatic heterocycles. The van der Waals surface area contributed by atoms with Gasteiger partial charge in [-0.3, -0.25) is 4.79 Å². The van der Waals surface area contributed by atoms with Crippen LogP contribution in [0.25, 0.3) is 0 Å². The van der Waals surface area contributed by atoms with E-state index in [1.807, 2.05) is 14.1 Å². The average molecular weight is 296 g/mol. The summed E-state index contributed by atoms with van der Waals surface area (Å²) in [5.41, 5.74) is 1.07. The van der Waals surface area contributed by atoms with Crippen molar-refractivity contribution in [3.05, 3.63) is 47.7 Å². The molecule has 5 nitrogen and oxygen atoms in total. The van der Waals surface area contributed by atoms with E-state index in [0.29, 0.717) is 17.7 Å². The minimum Gasteiger partial charge on any atom is -0.383 e. The molecule has 0 aliphatic rings. The third kappa shape index (κ3) is 5.54. The van der Waals surface area contributed by atoms with Gasteiger partial charge >= 0.3 is 0 Å². The summed E-state index contributed by atoms with van der Waals surface area (Å²) in [5.74, 6) is -0.277. The fourth-order valence-corrected chi connectivity index (χ4v) is 2.78. The van der Waals surface area contributed by atoms with Gasteiger partial charge in [0.05, 0.1) is 5.75 Å². The maximum absolute atomic E-state index is 11.9. The van der Waals surface area contributed by atoms with Crippen LogP contribution in [0.2, 0.25) is 0 Å². The first kappa shape index (κ1) is 16.4. The molecular weight excluding hydrogens is 276 g/mol. The van der Waals surface area contributed by atoms with E-state index in [-0.39, 0.29) is 11.5 Å². The number of nitrogens with zero attached hydrogens (tertiary/aromatic N) is 1. The monoisotopic (exact) mass is 296 g/mol. The van der Waals surface area contributed by atoms with Crippen LogP contribution in [0.3, 0.4) is 0 Å². The standard InChI is InChI=1S/C14H20N2O3S/c1-4-15-20(18,19)11-12-6-5-7-13(10-12)14(17)8-9-16(2)3/h5-10,15H,4,11H2,1-3H3. The van der Waals surface area contributed by atoms with Crippen LogP contribution in [0.1, 0.15) is 22.8 Å². The zero-order valence-corrected chi connectivity index (χ0v) is 12.8. The normalized spacial score (nSPS) is 11.8. The van der Waals surface area contributed by atoms with Gasteiger partial charge in [-0.2, -0.15) is 0 Å². The first-order valence-corrected chi connectivity index (χ1v) is 7.94. The summed E-state index contributed by atoms with van der Waals surface area (Å²) in [6.45, 7) is 2.08. The van der Waals surface area contributed by atoms with E-state index < -0.39 is 10.0 Å². The molecule has 1 N–H and O–H groups in total. The number of benzene rings is 1. The second-order valence-electron chi connectivity index (χ2n) is 4.60. The highest BCUT2D eigenvalue weighted by atomic mass is 32.2. The lowest BCUT2D eigenvalue weighted by atomic mass is 10.1. The van der Waals surface area contributed by atoms with Crippen LogP contribution in [0.4, 0.5) is 0 Å². The molecule has 0 unspecified atom stereocenters. The number of carbonyl (C=O) groups is 1. The number of ketones is 1. The third-order valence-electron chi connectivity index (χ3n) is 2.46. The summed E-state index contributed by atoms with van der Waals surface area (Å²) in [7, 11) is 0.305. The van der Waals surface area contributed by atoms with E-state index in [1.54, 1.807) is 42.3 Å². The lowest BCUT2D eigenvalue weighted by molar-refractivity contribution is 0.104. The lowest BCUT2D eigenvalue weighted by Crippen LogP contribution is -2.24. The third-order valence-corrected chi connectivity index (χ3v) is 3.90. The molecule has 0 heterocycles. The Morgan fingerprint density at radius 1 is 1.35 bits per heavy atom. The van der Waals surface area contributed by atoms with Crippen LogP contribution in [-0.2, 0) is 15.8 Å². The van der Waals surface area contributed by atoms with Crippen molar-refractivity contribution in [1.82, 2.24) is 9.62 Å². The van der Waals surface area contributed by atoms with Gasteiger partial charge in [0, 0.05) is 38.5 Å². The molecule has 0 saturated heterocycles. The van der Waals surface area contributed by atoms with Crippen LogP contribution in [0.5, 0.6) is 0 Å². The minimum absolute atomic E-state index is 0.126. The van der Waals surface area contributed by atoms with Gasteiger partial charge in [0.25, 0.3) is 0 Å². The fourth-order valence-electron chi connectivity index (χ4n) is 1.62. The van der Waals surface area contributed by atoms with Crippen molar-refractivity contribution in [3.8, 4) is 0 Å². The van der Waals surface area contributed by atoms with Gasteiger partial charge in [-0.15, -0.1) is 0 Å². The maximum atomic E-state index is 11.9. The minimum atomic E-state index is -3.34. The highest BCUT2D eigenvalue weighted by Gasteiger charge is 2.11. The second kappa shape index (κ2) is 7.21. The van der Waals surface area contributed by atoms with Gasteiger partial charge in [0.15, 0.2) is 5.78 Å². The zero-order chi connectivity index (χ0) is 15.2. The lowest BCUT2D eigenvalue weighted by Gasteiger charge is -2.06. The Bertz CT molecular complexity index is 592. The van der Waals surface area contributed by atoms with E-state index in [9.17, 15) is 13.2 Å². The predicted molar refractivity (Wildman–Crippen MR) is 79.9 cm³/mol. The van der Waals surface area contributed by atoms with Crippen molar-refractivity contribution in [2.45, 2.75) is 12.7 Å². The molecule has 0 aromatic heterocycles. The van der Waals surface area contributed by atoms with Gasteiger partial charge < -0.3 is 4.90 Å². The molecule has 1 rings (SSSR count). The molecule has 0 amide bonds. The number of rotatable bonds is 7. The Hall–Kier alpha value is -1.66. The van der Waals surface area contributed by atoms with Crippen molar-refractivity contribution in [3.63, 3.8) is 0 Å². The Morgan fingerprint density at radius 2 is 2.05 bits per heavy atom. The van der Waals surface area contributed by atoms with Gasteiger partial charge in [-0.05, 0) is 11.6 Å². The molecule has 0 aliphatic carbocycles. The number of nitrogens with one attached hydrogen (secondary N) is 1. The molecular formula is C14H20N2O3S. The number of allylic oxidation sites excluding steroid dienone is 1. The summed E-state index contributed by atoms with van der Waals surface area (Å²) in [5, 5.41) is 0. The first-order valence-electron chi connectivity index (χ1n) is 6.29. The first-order chi connectivity index (χ1) is 9.34. The molecule has 1 aromatic carbocycles. The Morgan fingerprint density at radius 3 is 2.65 bits per heavy atom.